The maximum absolute atomic E-state index is 5.74. The van der Waals surface area contributed by atoms with Crippen molar-refractivity contribution < 1.29 is 4.74 Å². The molecule has 0 saturated heterocycles. The molecule has 0 saturated carbocycles. The highest BCUT2D eigenvalue weighted by Crippen LogP contribution is 2.18. The minimum atomic E-state index is 0.255. The average Bonchev–Trinajstić information content (AvgIpc) is 2.76. The molecule has 0 amide bonds. The van der Waals surface area contributed by atoms with Crippen LogP contribution in [0.5, 0.6) is 0 Å². The molecule has 1 rings (SSSR count). The van der Waals surface area contributed by atoms with Crippen LogP contribution < -0.4 is 5.73 Å². The quantitative estimate of drug-likeness (QED) is 0.769. The fourth-order valence-corrected chi connectivity index (χ4v) is 2.04. The first-order valence-corrected chi connectivity index (χ1v) is 6.75. The Balaban J connectivity index is 2.91. The van der Waals surface area contributed by atoms with Gasteiger partial charge in [0.15, 0.2) is 0 Å². The number of hydrogen-bond donors (Lipinski definition) is 1. The molecule has 0 spiro atoms. The van der Waals surface area contributed by atoms with Gasteiger partial charge >= 0.3 is 0 Å². The van der Waals surface area contributed by atoms with Crippen molar-refractivity contribution in [3.63, 3.8) is 0 Å². The van der Waals surface area contributed by atoms with Gasteiger partial charge in [-0.3, -0.25) is 0 Å². The zero-order valence-corrected chi connectivity index (χ0v) is 12.0. The largest absolute Gasteiger partial charge is 0.382 e. The third-order valence-corrected chi connectivity index (χ3v) is 3.20. The van der Waals surface area contributed by atoms with Crippen molar-refractivity contribution in [3.05, 3.63) is 11.4 Å². The maximum Gasteiger partial charge on any atom is 0.0994 e. The van der Waals surface area contributed by atoms with Crippen LogP contribution in [0.25, 0.3) is 0 Å². The van der Waals surface area contributed by atoms with E-state index in [0.29, 0.717) is 19.1 Å². The summed E-state index contributed by atoms with van der Waals surface area (Å²) in [6.45, 7) is 7.71. The summed E-state index contributed by atoms with van der Waals surface area (Å²) in [5.41, 5.74) is 7.84. The van der Waals surface area contributed by atoms with E-state index >= 15 is 0 Å². The summed E-state index contributed by atoms with van der Waals surface area (Å²) in [4.78, 5) is 0. The van der Waals surface area contributed by atoms with Gasteiger partial charge in [-0.15, -0.1) is 5.10 Å². The molecular weight excluding hydrogens is 228 g/mol. The van der Waals surface area contributed by atoms with Crippen LogP contribution in [-0.2, 0) is 17.7 Å². The summed E-state index contributed by atoms with van der Waals surface area (Å²) in [5.74, 6) is 0.668. The predicted molar refractivity (Wildman–Crippen MR) is 72.3 cm³/mol. The van der Waals surface area contributed by atoms with Gasteiger partial charge in [0, 0.05) is 13.7 Å². The Labute approximate surface area is 110 Å². The highest BCUT2D eigenvalue weighted by atomic mass is 16.5. The highest BCUT2D eigenvalue weighted by molar-refractivity contribution is 5.11. The van der Waals surface area contributed by atoms with Crippen molar-refractivity contribution >= 4 is 0 Å². The fourth-order valence-electron chi connectivity index (χ4n) is 2.04. The standard InChI is InChI=1S/C13H26N4O/c1-5-11(9-18-4)17-13(7-6-10(2)3)12(8-14)15-16-17/h10-11H,5-9,14H2,1-4H3. The van der Waals surface area contributed by atoms with Crippen LogP contribution in [0.3, 0.4) is 0 Å². The van der Waals surface area contributed by atoms with Gasteiger partial charge in [-0.25, -0.2) is 4.68 Å². The van der Waals surface area contributed by atoms with Crippen molar-refractivity contribution in [1.82, 2.24) is 15.0 Å². The molecule has 104 valence electrons. The lowest BCUT2D eigenvalue weighted by atomic mass is 10.0. The van der Waals surface area contributed by atoms with E-state index in [9.17, 15) is 0 Å². The summed E-state index contributed by atoms with van der Waals surface area (Å²) in [6.07, 6.45) is 3.09. The van der Waals surface area contributed by atoms with Gasteiger partial charge < -0.3 is 10.5 Å². The molecule has 0 aliphatic rings. The monoisotopic (exact) mass is 254 g/mol. The normalized spacial score (nSPS) is 13.2. The van der Waals surface area contributed by atoms with E-state index < -0.39 is 0 Å². The van der Waals surface area contributed by atoms with Crippen molar-refractivity contribution in [2.24, 2.45) is 11.7 Å². The van der Waals surface area contributed by atoms with Crippen molar-refractivity contribution in [2.75, 3.05) is 13.7 Å². The lowest BCUT2D eigenvalue weighted by Gasteiger charge is -2.17. The number of nitrogens with two attached hydrogens (primary N) is 1. The molecule has 2 N–H and O–H groups in total. The SMILES string of the molecule is CCC(COC)n1nnc(CN)c1CCC(C)C. The Bertz CT molecular complexity index is 349. The lowest BCUT2D eigenvalue weighted by molar-refractivity contribution is 0.144. The molecule has 1 unspecified atom stereocenters. The Hall–Kier alpha value is -0.940. The minimum absolute atomic E-state index is 0.255. The van der Waals surface area contributed by atoms with E-state index in [1.54, 1.807) is 7.11 Å². The molecule has 0 aliphatic heterocycles. The Morgan fingerprint density at radius 2 is 2.11 bits per heavy atom. The second-order valence-electron chi connectivity index (χ2n) is 5.08. The Morgan fingerprint density at radius 3 is 2.61 bits per heavy atom. The van der Waals surface area contributed by atoms with E-state index in [1.165, 1.54) is 5.69 Å². The second-order valence-corrected chi connectivity index (χ2v) is 5.08. The van der Waals surface area contributed by atoms with Crippen LogP contribution in [0.15, 0.2) is 0 Å². The number of methoxy groups -OCH3 is 1. The van der Waals surface area contributed by atoms with Crippen molar-refractivity contribution in [2.45, 2.75) is 52.6 Å². The predicted octanol–water partition coefficient (Wildman–Crippen LogP) is 1.92. The second kappa shape index (κ2) is 7.48. The van der Waals surface area contributed by atoms with E-state index in [-0.39, 0.29) is 6.04 Å². The third-order valence-electron chi connectivity index (χ3n) is 3.20. The van der Waals surface area contributed by atoms with Crippen molar-refractivity contribution in [1.29, 1.82) is 0 Å². The first-order valence-electron chi connectivity index (χ1n) is 6.75. The lowest BCUT2D eigenvalue weighted by Crippen LogP contribution is -2.19. The first kappa shape index (κ1) is 15.1. The molecule has 1 aromatic rings. The molecule has 0 bridgehead atoms. The summed E-state index contributed by atoms with van der Waals surface area (Å²) in [6, 6.07) is 0.255. The molecule has 0 aliphatic carbocycles. The maximum atomic E-state index is 5.74. The van der Waals surface area contributed by atoms with E-state index in [1.807, 2.05) is 4.68 Å². The summed E-state index contributed by atoms with van der Waals surface area (Å²) >= 11 is 0. The zero-order valence-electron chi connectivity index (χ0n) is 12.0. The van der Waals surface area contributed by atoms with Gasteiger partial charge in [-0.1, -0.05) is 26.0 Å². The number of rotatable bonds is 8. The fraction of sp³-hybridized carbons (Fsp3) is 0.846. The molecule has 1 heterocycles. The number of hydrogen-bond acceptors (Lipinski definition) is 4. The Kier molecular flexibility index (Phi) is 6.29. The highest BCUT2D eigenvalue weighted by Gasteiger charge is 2.18. The minimum Gasteiger partial charge on any atom is -0.382 e. The van der Waals surface area contributed by atoms with Crippen LogP contribution in [0.1, 0.15) is 51.0 Å². The molecule has 0 radical (unpaired) electrons. The molecule has 1 aromatic heterocycles. The zero-order chi connectivity index (χ0) is 13.5. The van der Waals surface area contributed by atoms with Gasteiger partial charge in [0.1, 0.15) is 0 Å². The van der Waals surface area contributed by atoms with Gasteiger partial charge in [-0.05, 0) is 25.2 Å². The molecule has 0 aromatic carbocycles. The molecule has 5 nitrogen and oxygen atoms in total. The smallest absolute Gasteiger partial charge is 0.0994 e. The molecule has 0 fully saturated rings. The molecular formula is C13H26N4O. The molecule has 5 heteroatoms. The number of ether oxygens (including phenoxy) is 1. The first-order chi connectivity index (χ1) is 8.63. The summed E-state index contributed by atoms with van der Waals surface area (Å²) < 4.78 is 7.26. The van der Waals surface area contributed by atoms with Crippen LogP contribution in [-0.4, -0.2) is 28.7 Å². The van der Waals surface area contributed by atoms with Gasteiger partial charge in [-0.2, -0.15) is 0 Å². The van der Waals surface area contributed by atoms with Crippen LogP contribution in [0.4, 0.5) is 0 Å². The van der Waals surface area contributed by atoms with E-state index in [0.717, 1.165) is 25.0 Å². The third kappa shape index (κ3) is 3.78. The topological polar surface area (TPSA) is 66.0 Å². The Morgan fingerprint density at radius 1 is 1.39 bits per heavy atom. The molecule has 18 heavy (non-hydrogen) atoms. The van der Waals surface area contributed by atoms with Gasteiger partial charge in [0.05, 0.1) is 24.0 Å². The molecule has 1 atom stereocenters. The average molecular weight is 254 g/mol. The number of nitrogens with zero attached hydrogens (tertiary/aromatic N) is 3. The van der Waals surface area contributed by atoms with Crippen molar-refractivity contribution in [3.8, 4) is 0 Å². The van der Waals surface area contributed by atoms with Crippen LogP contribution in [0, 0.1) is 5.92 Å². The number of aromatic nitrogens is 3. The summed E-state index contributed by atoms with van der Waals surface area (Å²) in [7, 11) is 1.72. The van der Waals surface area contributed by atoms with Gasteiger partial charge in [0.2, 0.25) is 0 Å². The van der Waals surface area contributed by atoms with Gasteiger partial charge in [0.25, 0.3) is 0 Å². The van der Waals surface area contributed by atoms with Crippen LogP contribution >= 0.6 is 0 Å². The van der Waals surface area contributed by atoms with Crippen LogP contribution in [0.2, 0.25) is 0 Å². The van der Waals surface area contributed by atoms with E-state index in [4.69, 9.17) is 10.5 Å². The van der Waals surface area contributed by atoms with E-state index in [2.05, 4.69) is 31.1 Å². The summed E-state index contributed by atoms with van der Waals surface area (Å²) in [5, 5.41) is 8.46.